The monoisotopic (exact) mass is 318 g/mol. The summed E-state index contributed by atoms with van der Waals surface area (Å²) >= 11 is 0. The number of anilines is 1. The molecule has 8 nitrogen and oxygen atoms in total. The Morgan fingerprint density at radius 1 is 1.43 bits per heavy atom. The maximum atomic E-state index is 13.5. The van der Waals surface area contributed by atoms with E-state index in [0.717, 1.165) is 12.1 Å². The van der Waals surface area contributed by atoms with Crippen LogP contribution in [0.5, 0.6) is 0 Å². The molecule has 10 heteroatoms. The van der Waals surface area contributed by atoms with Crippen LogP contribution in [0.3, 0.4) is 0 Å². The summed E-state index contributed by atoms with van der Waals surface area (Å²) in [5, 5.41) is 11.3. The molecule has 0 spiro atoms. The maximum absolute atomic E-state index is 13.5. The number of nitrogens with two attached hydrogens (primary N) is 1. The van der Waals surface area contributed by atoms with Crippen LogP contribution in [-0.4, -0.2) is 50.1 Å². The van der Waals surface area contributed by atoms with E-state index in [0.29, 0.717) is 13.2 Å². The molecule has 0 atom stereocenters. The van der Waals surface area contributed by atoms with Crippen molar-refractivity contribution in [3.8, 4) is 0 Å². The largest absolute Gasteiger partial charge is 0.409 e. The summed E-state index contributed by atoms with van der Waals surface area (Å²) < 4.78 is 46.4. The van der Waals surface area contributed by atoms with Crippen molar-refractivity contribution in [1.29, 1.82) is 0 Å². The standard InChI is InChI=1S/C11H15FN4O4S/c12-10-2-1-8(7-9(10)11(13)14-17)15-21(18,19)16-3-5-20-6-4-16/h1-2,7,15,17H,3-6H2,(H2,13,14). The van der Waals surface area contributed by atoms with E-state index >= 15 is 0 Å². The van der Waals surface area contributed by atoms with Crippen LogP contribution in [0, 0.1) is 5.82 Å². The molecule has 1 aliphatic heterocycles. The summed E-state index contributed by atoms with van der Waals surface area (Å²) in [4.78, 5) is 0. The lowest BCUT2D eigenvalue weighted by Gasteiger charge is -2.26. The van der Waals surface area contributed by atoms with Crippen molar-refractivity contribution in [3.63, 3.8) is 0 Å². The third-order valence-electron chi connectivity index (χ3n) is 2.91. The van der Waals surface area contributed by atoms with Crippen molar-refractivity contribution < 1.29 is 22.8 Å². The van der Waals surface area contributed by atoms with Gasteiger partial charge in [-0.1, -0.05) is 5.16 Å². The van der Waals surface area contributed by atoms with Gasteiger partial charge in [-0.25, -0.2) is 4.39 Å². The molecule has 0 aliphatic carbocycles. The Balaban J connectivity index is 2.23. The number of hydrogen-bond donors (Lipinski definition) is 3. The minimum Gasteiger partial charge on any atom is -0.409 e. The lowest BCUT2D eigenvalue weighted by atomic mass is 10.2. The molecule has 1 aromatic carbocycles. The summed E-state index contributed by atoms with van der Waals surface area (Å²) in [5.41, 5.74) is 5.25. The molecule has 2 rings (SSSR count). The average Bonchev–Trinajstić information content (AvgIpc) is 2.49. The van der Waals surface area contributed by atoms with Crippen molar-refractivity contribution in [1.82, 2.24) is 4.31 Å². The summed E-state index contributed by atoms with van der Waals surface area (Å²) in [6.07, 6.45) is 0. The van der Waals surface area contributed by atoms with Crippen LogP contribution in [0.2, 0.25) is 0 Å². The Kier molecular flexibility index (Phi) is 4.60. The summed E-state index contributed by atoms with van der Waals surface area (Å²) in [6, 6.07) is 3.44. The van der Waals surface area contributed by atoms with Gasteiger partial charge in [0.15, 0.2) is 5.84 Å². The van der Waals surface area contributed by atoms with Crippen LogP contribution in [-0.2, 0) is 14.9 Å². The van der Waals surface area contributed by atoms with E-state index in [1.54, 1.807) is 0 Å². The topological polar surface area (TPSA) is 117 Å². The molecule has 4 N–H and O–H groups in total. The minimum atomic E-state index is -3.76. The first-order valence-corrected chi connectivity index (χ1v) is 7.51. The van der Waals surface area contributed by atoms with E-state index in [2.05, 4.69) is 9.88 Å². The van der Waals surface area contributed by atoms with E-state index in [1.807, 2.05) is 0 Å². The molecule has 0 radical (unpaired) electrons. The molecule has 0 aromatic heterocycles. The third-order valence-corrected chi connectivity index (χ3v) is 4.45. The fraction of sp³-hybridized carbons (Fsp3) is 0.364. The first kappa shape index (κ1) is 15.5. The summed E-state index contributed by atoms with van der Waals surface area (Å²) in [7, 11) is -3.76. The summed E-state index contributed by atoms with van der Waals surface area (Å²) in [5.74, 6) is -1.17. The lowest BCUT2D eigenvalue weighted by molar-refractivity contribution is 0.0733. The third kappa shape index (κ3) is 3.60. The van der Waals surface area contributed by atoms with Gasteiger partial charge in [-0.2, -0.15) is 12.7 Å². The SMILES string of the molecule is NC(=NO)c1cc(NS(=O)(=O)N2CCOCC2)ccc1F. The van der Waals surface area contributed by atoms with Gasteiger partial charge in [0.05, 0.1) is 24.5 Å². The molecule has 116 valence electrons. The second kappa shape index (κ2) is 6.24. The van der Waals surface area contributed by atoms with Crippen LogP contribution < -0.4 is 10.5 Å². The fourth-order valence-corrected chi connectivity index (χ4v) is 3.02. The highest BCUT2D eigenvalue weighted by Crippen LogP contribution is 2.17. The molecule has 1 fully saturated rings. The number of amidine groups is 1. The van der Waals surface area contributed by atoms with Crippen molar-refractivity contribution in [2.24, 2.45) is 10.9 Å². The number of morpholine rings is 1. The van der Waals surface area contributed by atoms with Crippen LogP contribution in [0.25, 0.3) is 0 Å². The van der Waals surface area contributed by atoms with Gasteiger partial charge in [-0.15, -0.1) is 0 Å². The molecular formula is C11H15FN4O4S. The van der Waals surface area contributed by atoms with E-state index < -0.39 is 21.9 Å². The van der Waals surface area contributed by atoms with E-state index in [4.69, 9.17) is 15.7 Å². The van der Waals surface area contributed by atoms with Crippen LogP contribution in [0.4, 0.5) is 10.1 Å². The molecule has 0 bridgehead atoms. The van der Waals surface area contributed by atoms with E-state index in [1.165, 1.54) is 10.4 Å². The minimum absolute atomic E-state index is 0.115. The smallest absolute Gasteiger partial charge is 0.301 e. The predicted octanol–water partition coefficient (Wildman–Crippen LogP) is -0.0909. The second-order valence-electron chi connectivity index (χ2n) is 4.30. The van der Waals surface area contributed by atoms with Crippen molar-refractivity contribution in [3.05, 3.63) is 29.6 Å². The number of nitrogens with one attached hydrogen (secondary N) is 1. The number of nitrogens with zero attached hydrogens (tertiary/aromatic N) is 2. The van der Waals surface area contributed by atoms with Gasteiger partial charge in [0.2, 0.25) is 0 Å². The molecule has 21 heavy (non-hydrogen) atoms. The number of halogens is 1. The Morgan fingerprint density at radius 3 is 2.71 bits per heavy atom. The quantitative estimate of drug-likeness (QED) is 0.310. The number of ether oxygens (including phenoxy) is 1. The van der Waals surface area contributed by atoms with E-state index in [9.17, 15) is 12.8 Å². The molecule has 0 amide bonds. The zero-order chi connectivity index (χ0) is 15.5. The Hall–Kier alpha value is -1.91. The average molecular weight is 318 g/mol. The number of benzene rings is 1. The zero-order valence-electron chi connectivity index (χ0n) is 11.0. The first-order valence-electron chi connectivity index (χ1n) is 6.07. The van der Waals surface area contributed by atoms with Gasteiger partial charge in [0, 0.05) is 13.1 Å². The molecule has 0 saturated carbocycles. The predicted molar refractivity (Wildman–Crippen MR) is 73.8 cm³/mol. The zero-order valence-corrected chi connectivity index (χ0v) is 11.8. The van der Waals surface area contributed by atoms with E-state index in [-0.39, 0.29) is 24.3 Å². The summed E-state index contributed by atoms with van der Waals surface area (Å²) in [6.45, 7) is 1.12. The Labute approximate surface area is 121 Å². The highest BCUT2D eigenvalue weighted by Gasteiger charge is 2.24. The second-order valence-corrected chi connectivity index (χ2v) is 5.97. The van der Waals surface area contributed by atoms with Gasteiger partial charge in [0.1, 0.15) is 5.82 Å². The molecule has 1 saturated heterocycles. The first-order chi connectivity index (χ1) is 9.94. The van der Waals surface area contributed by atoms with Crippen molar-refractivity contribution in [2.75, 3.05) is 31.0 Å². The van der Waals surface area contributed by atoms with Crippen LogP contribution in [0.15, 0.2) is 23.4 Å². The number of hydrogen-bond acceptors (Lipinski definition) is 5. The molecule has 1 aliphatic rings. The van der Waals surface area contributed by atoms with Crippen molar-refractivity contribution in [2.45, 2.75) is 0 Å². The fourth-order valence-electron chi connectivity index (χ4n) is 1.84. The molecule has 1 heterocycles. The number of oxime groups is 1. The highest BCUT2D eigenvalue weighted by atomic mass is 32.2. The molecule has 0 unspecified atom stereocenters. The maximum Gasteiger partial charge on any atom is 0.301 e. The van der Waals surface area contributed by atoms with Crippen molar-refractivity contribution >= 4 is 21.7 Å². The normalized spacial score (nSPS) is 17.7. The number of rotatable bonds is 4. The van der Waals surface area contributed by atoms with Crippen LogP contribution in [0.1, 0.15) is 5.56 Å². The highest BCUT2D eigenvalue weighted by molar-refractivity contribution is 7.90. The van der Waals surface area contributed by atoms with Gasteiger partial charge in [-0.3, -0.25) is 4.72 Å². The lowest BCUT2D eigenvalue weighted by Crippen LogP contribution is -2.43. The molecule has 1 aromatic rings. The van der Waals surface area contributed by atoms with Gasteiger partial charge < -0.3 is 15.7 Å². The molecular weight excluding hydrogens is 303 g/mol. The van der Waals surface area contributed by atoms with Crippen LogP contribution >= 0.6 is 0 Å². The Morgan fingerprint density at radius 2 is 2.10 bits per heavy atom. The Bertz CT molecular complexity index is 644. The van der Waals surface area contributed by atoms with Gasteiger partial charge in [-0.05, 0) is 18.2 Å². The van der Waals surface area contributed by atoms with Gasteiger partial charge in [0.25, 0.3) is 0 Å². The van der Waals surface area contributed by atoms with Gasteiger partial charge >= 0.3 is 10.2 Å².